The minimum Gasteiger partial charge on any atom is -0.391 e. The fourth-order valence-electron chi connectivity index (χ4n) is 4.94. The lowest BCUT2D eigenvalue weighted by Gasteiger charge is -2.31. The molecule has 3 aliphatic rings. The second kappa shape index (κ2) is 8.64. The van der Waals surface area contributed by atoms with Gasteiger partial charge in [-0.2, -0.15) is 0 Å². The summed E-state index contributed by atoms with van der Waals surface area (Å²) in [5, 5.41) is 23.3. The molecule has 0 spiro atoms. The molecule has 1 saturated heterocycles. The molecule has 4 unspecified atom stereocenters. The highest BCUT2D eigenvalue weighted by Gasteiger charge is 2.39. The molecule has 34 heavy (non-hydrogen) atoms. The maximum Gasteiger partial charge on any atom is 0.273 e. The van der Waals surface area contributed by atoms with Crippen LogP contribution in [0.25, 0.3) is 5.69 Å². The summed E-state index contributed by atoms with van der Waals surface area (Å²) in [6.45, 7) is 2.38. The lowest BCUT2D eigenvalue weighted by atomic mass is 9.85. The van der Waals surface area contributed by atoms with Crippen LogP contribution in [-0.2, 0) is 16.1 Å². The van der Waals surface area contributed by atoms with Crippen molar-refractivity contribution < 1.29 is 24.3 Å². The zero-order chi connectivity index (χ0) is 24.0. The number of aromatic nitrogens is 3. The molecule has 11 heteroatoms. The van der Waals surface area contributed by atoms with Crippen molar-refractivity contribution in [1.82, 2.24) is 30.5 Å². The first-order valence-corrected chi connectivity index (χ1v) is 11.5. The number of imide groups is 1. The number of nitrogens with one attached hydrogen (secondary N) is 2. The highest BCUT2D eigenvalue weighted by molar-refractivity contribution is 6.05. The highest BCUT2D eigenvalue weighted by Crippen LogP contribution is 2.29. The Labute approximate surface area is 195 Å². The molecule has 1 aromatic heterocycles. The number of piperidine rings is 1. The first-order chi connectivity index (χ1) is 16.3. The van der Waals surface area contributed by atoms with Crippen molar-refractivity contribution in [2.75, 3.05) is 0 Å². The van der Waals surface area contributed by atoms with Crippen LogP contribution in [-0.4, -0.2) is 66.8 Å². The first kappa shape index (κ1) is 22.2. The maximum absolute atomic E-state index is 13.0. The predicted molar refractivity (Wildman–Crippen MR) is 118 cm³/mol. The van der Waals surface area contributed by atoms with Gasteiger partial charge in [-0.15, -0.1) is 5.10 Å². The molecular formula is C23H26N6O5. The quantitative estimate of drug-likeness (QED) is 0.550. The van der Waals surface area contributed by atoms with Gasteiger partial charge in [0.25, 0.3) is 11.8 Å². The molecule has 2 aromatic rings. The highest BCUT2D eigenvalue weighted by atomic mass is 16.3. The molecule has 5 rings (SSSR count). The SMILES string of the molecule is CC1CCC(O)C(NC(=O)c2cn(-c3ccc4c(c3)C(=O)N(C3CCC(=O)NC3=O)C4)nn2)C1. The molecule has 2 fully saturated rings. The van der Waals surface area contributed by atoms with Crippen LogP contribution < -0.4 is 10.6 Å². The van der Waals surface area contributed by atoms with Crippen LogP contribution in [0.5, 0.6) is 0 Å². The monoisotopic (exact) mass is 466 g/mol. The summed E-state index contributed by atoms with van der Waals surface area (Å²) in [7, 11) is 0. The summed E-state index contributed by atoms with van der Waals surface area (Å²) < 4.78 is 1.41. The smallest absolute Gasteiger partial charge is 0.273 e. The lowest BCUT2D eigenvalue weighted by molar-refractivity contribution is -0.136. The molecule has 4 amide bonds. The Bertz CT molecular complexity index is 1180. The number of aliphatic hydroxyl groups excluding tert-OH is 1. The van der Waals surface area contributed by atoms with Gasteiger partial charge in [-0.25, -0.2) is 4.68 Å². The molecule has 2 aliphatic heterocycles. The van der Waals surface area contributed by atoms with Crippen molar-refractivity contribution in [2.24, 2.45) is 5.92 Å². The van der Waals surface area contributed by atoms with E-state index < -0.39 is 24.0 Å². The topological polar surface area (TPSA) is 147 Å². The average molecular weight is 466 g/mol. The van der Waals surface area contributed by atoms with Crippen LogP contribution in [0, 0.1) is 5.92 Å². The first-order valence-electron chi connectivity index (χ1n) is 11.5. The molecule has 11 nitrogen and oxygen atoms in total. The second-order valence-electron chi connectivity index (χ2n) is 9.36. The van der Waals surface area contributed by atoms with Gasteiger partial charge in [-0.3, -0.25) is 24.5 Å². The van der Waals surface area contributed by atoms with Gasteiger partial charge in [0, 0.05) is 18.5 Å². The fourth-order valence-corrected chi connectivity index (χ4v) is 4.94. The van der Waals surface area contributed by atoms with Crippen molar-refractivity contribution in [3.8, 4) is 5.69 Å². The third kappa shape index (κ3) is 4.07. The fraction of sp³-hybridized carbons (Fsp3) is 0.478. The third-order valence-electron chi connectivity index (χ3n) is 6.89. The van der Waals surface area contributed by atoms with Crippen LogP contribution in [0.4, 0.5) is 0 Å². The van der Waals surface area contributed by atoms with Crippen LogP contribution in [0.15, 0.2) is 24.4 Å². The number of carbonyl (C=O) groups excluding carboxylic acids is 4. The molecule has 178 valence electrons. The van der Waals surface area contributed by atoms with Gasteiger partial charge >= 0.3 is 0 Å². The van der Waals surface area contributed by atoms with E-state index in [1.54, 1.807) is 18.2 Å². The molecule has 3 heterocycles. The minimum atomic E-state index is -0.680. The van der Waals surface area contributed by atoms with E-state index >= 15 is 0 Å². The second-order valence-corrected chi connectivity index (χ2v) is 9.36. The summed E-state index contributed by atoms with van der Waals surface area (Å²) >= 11 is 0. The van der Waals surface area contributed by atoms with Crippen molar-refractivity contribution in [2.45, 2.75) is 63.8 Å². The minimum absolute atomic E-state index is 0.113. The van der Waals surface area contributed by atoms with Gasteiger partial charge in [0.15, 0.2) is 5.69 Å². The van der Waals surface area contributed by atoms with Crippen molar-refractivity contribution in [3.05, 3.63) is 41.2 Å². The molecule has 3 N–H and O–H groups in total. The van der Waals surface area contributed by atoms with Gasteiger partial charge in [-0.1, -0.05) is 18.2 Å². The normalized spacial score (nSPS) is 26.9. The number of benzene rings is 1. The van der Waals surface area contributed by atoms with Crippen molar-refractivity contribution in [3.63, 3.8) is 0 Å². The summed E-state index contributed by atoms with van der Waals surface area (Å²) in [5.74, 6) is -1.06. The van der Waals surface area contributed by atoms with Crippen LogP contribution in [0.2, 0.25) is 0 Å². The van der Waals surface area contributed by atoms with E-state index in [9.17, 15) is 24.3 Å². The van der Waals surface area contributed by atoms with E-state index in [2.05, 4.69) is 27.9 Å². The predicted octanol–water partition coefficient (Wildman–Crippen LogP) is 0.308. The number of hydrogen-bond acceptors (Lipinski definition) is 7. The Kier molecular flexibility index (Phi) is 5.64. The average Bonchev–Trinajstić information content (AvgIpc) is 3.42. The molecule has 4 atom stereocenters. The Balaban J connectivity index is 1.30. The summed E-state index contributed by atoms with van der Waals surface area (Å²) in [5.41, 5.74) is 1.89. The standard InChI is InChI=1S/C23H26N6O5/c1-12-2-6-19(30)16(8-12)24-21(32)17-11-29(27-26-17)14-4-3-13-10-28(23(34)15(13)9-14)18-5-7-20(31)25-22(18)33/h3-4,9,11-12,16,18-19,30H,2,5-8,10H2,1H3,(H,24,32)(H,25,31,33). The van der Waals surface area contributed by atoms with E-state index in [4.69, 9.17) is 0 Å². The van der Waals surface area contributed by atoms with Crippen molar-refractivity contribution >= 4 is 23.6 Å². The van der Waals surface area contributed by atoms with Gasteiger partial charge in [0.2, 0.25) is 11.8 Å². The molecule has 1 aromatic carbocycles. The van der Waals surface area contributed by atoms with E-state index in [1.807, 2.05) is 0 Å². The largest absolute Gasteiger partial charge is 0.391 e. The number of amides is 4. The van der Waals surface area contributed by atoms with Gasteiger partial charge < -0.3 is 15.3 Å². The van der Waals surface area contributed by atoms with Crippen molar-refractivity contribution in [1.29, 1.82) is 0 Å². The Morgan fingerprint density at radius 2 is 2.03 bits per heavy atom. The van der Waals surface area contributed by atoms with E-state index in [1.165, 1.54) is 15.8 Å². The van der Waals surface area contributed by atoms with Gasteiger partial charge in [0.05, 0.1) is 24.0 Å². The maximum atomic E-state index is 13.0. The van der Waals surface area contributed by atoms with E-state index in [0.717, 1.165) is 12.0 Å². The Morgan fingerprint density at radius 1 is 1.21 bits per heavy atom. The molecule has 1 aliphatic carbocycles. The Morgan fingerprint density at radius 3 is 2.82 bits per heavy atom. The summed E-state index contributed by atoms with van der Waals surface area (Å²) in [4.78, 5) is 50.8. The lowest BCUT2D eigenvalue weighted by Crippen LogP contribution is -2.52. The zero-order valence-electron chi connectivity index (χ0n) is 18.7. The number of fused-ring (bicyclic) bond motifs is 1. The number of rotatable bonds is 4. The number of aliphatic hydroxyl groups is 1. The van der Waals surface area contributed by atoms with Gasteiger partial charge in [0.1, 0.15) is 6.04 Å². The van der Waals surface area contributed by atoms with Crippen LogP contribution in [0.3, 0.4) is 0 Å². The molecular weight excluding hydrogens is 440 g/mol. The summed E-state index contributed by atoms with van der Waals surface area (Å²) in [6.07, 6.45) is 3.69. The number of hydrogen-bond donors (Lipinski definition) is 3. The van der Waals surface area contributed by atoms with Crippen LogP contribution in [0.1, 0.15) is 65.4 Å². The number of carbonyl (C=O) groups is 4. The van der Waals surface area contributed by atoms with Crippen LogP contribution >= 0.6 is 0 Å². The molecule has 1 saturated carbocycles. The Hall–Kier alpha value is -3.60. The summed E-state index contributed by atoms with van der Waals surface area (Å²) in [6, 6.07) is 4.21. The number of nitrogens with zero attached hydrogens (tertiary/aromatic N) is 4. The van der Waals surface area contributed by atoms with Gasteiger partial charge in [-0.05, 0) is 49.3 Å². The zero-order valence-corrected chi connectivity index (χ0v) is 18.7. The third-order valence-corrected chi connectivity index (χ3v) is 6.89. The molecule has 0 bridgehead atoms. The molecule has 0 radical (unpaired) electrons. The van der Waals surface area contributed by atoms with E-state index in [0.29, 0.717) is 36.4 Å². The van der Waals surface area contributed by atoms with E-state index in [-0.39, 0.29) is 36.5 Å².